The Morgan fingerprint density at radius 1 is 1.33 bits per heavy atom. The van der Waals surface area contributed by atoms with Crippen LogP contribution in [0.5, 0.6) is 0 Å². The van der Waals surface area contributed by atoms with E-state index in [1.165, 1.54) is 12.0 Å². The predicted octanol–water partition coefficient (Wildman–Crippen LogP) is 3.51. The second kappa shape index (κ2) is 3.62. The maximum Gasteiger partial charge on any atom is 0.155 e. The molecule has 0 radical (unpaired) electrons. The lowest BCUT2D eigenvalue weighted by Gasteiger charge is -2.45. The molecule has 2 atom stereocenters. The van der Waals surface area contributed by atoms with E-state index in [2.05, 4.69) is 32.9 Å². The molecule has 1 heteroatoms. The van der Waals surface area contributed by atoms with Gasteiger partial charge in [0, 0.05) is 6.42 Å². The van der Waals surface area contributed by atoms with E-state index >= 15 is 0 Å². The van der Waals surface area contributed by atoms with Crippen molar-refractivity contribution in [1.82, 2.24) is 0 Å². The third kappa shape index (κ3) is 1.80. The van der Waals surface area contributed by atoms with Crippen molar-refractivity contribution in [3.05, 3.63) is 23.8 Å². The number of carbonyl (C=O) groups is 1. The van der Waals surface area contributed by atoms with Gasteiger partial charge in [-0.2, -0.15) is 0 Å². The number of rotatable bonds is 0. The number of carbonyl (C=O) groups excluding carboxylic acids is 1. The van der Waals surface area contributed by atoms with E-state index in [0.717, 1.165) is 6.42 Å². The molecule has 2 rings (SSSR count). The standard InChI is InChI=1S/C14H20O/c1-10-7-8-11-5-4-6-12(15)9-13(10)14(11,2)3/h4,6-7,11,13H,5,8-9H2,1-3H3/b6-4-/t11-,13+/m1/s1. The van der Waals surface area contributed by atoms with Crippen molar-refractivity contribution in [3.63, 3.8) is 0 Å². The van der Waals surface area contributed by atoms with Gasteiger partial charge in [0.05, 0.1) is 0 Å². The van der Waals surface area contributed by atoms with E-state index in [-0.39, 0.29) is 5.41 Å². The Kier molecular flexibility index (Phi) is 2.57. The van der Waals surface area contributed by atoms with Gasteiger partial charge in [-0.1, -0.05) is 31.6 Å². The first-order valence-corrected chi connectivity index (χ1v) is 5.88. The Balaban J connectivity index is 2.39. The monoisotopic (exact) mass is 204 g/mol. The topological polar surface area (TPSA) is 17.1 Å². The predicted molar refractivity (Wildman–Crippen MR) is 62.5 cm³/mol. The molecule has 82 valence electrons. The zero-order chi connectivity index (χ0) is 11.1. The van der Waals surface area contributed by atoms with Gasteiger partial charge in [0.1, 0.15) is 0 Å². The van der Waals surface area contributed by atoms with Gasteiger partial charge in [-0.25, -0.2) is 0 Å². The van der Waals surface area contributed by atoms with Gasteiger partial charge in [0.25, 0.3) is 0 Å². The van der Waals surface area contributed by atoms with E-state index < -0.39 is 0 Å². The molecule has 2 aliphatic rings. The van der Waals surface area contributed by atoms with Crippen LogP contribution in [-0.4, -0.2) is 5.78 Å². The average molecular weight is 204 g/mol. The van der Waals surface area contributed by atoms with Gasteiger partial charge in [-0.05, 0) is 43.1 Å². The molecule has 0 unspecified atom stereocenters. The van der Waals surface area contributed by atoms with Crippen LogP contribution in [0.4, 0.5) is 0 Å². The van der Waals surface area contributed by atoms with Crippen molar-refractivity contribution in [2.45, 2.75) is 40.0 Å². The average Bonchev–Trinajstić information content (AvgIpc) is 2.15. The largest absolute Gasteiger partial charge is 0.295 e. The molecule has 0 aromatic carbocycles. The lowest BCUT2D eigenvalue weighted by Crippen LogP contribution is -2.37. The Bertz CT molecular complexity index is 333. The normalized spacial score (nSPS) is 36.5. The molecule has 0 aromatic rings. The van der Waals surface area contributed by atoms with Crippen molar-refractivity contribution in [2.24, 2.45) is 17.3 Å². The molecule has 0 spiro atoms. The fraction of sp³-hybridized carbons (Fsp3) is 0.643. The van der Waals surface area contributed by atoms with E-state index in [1.54, 1.807) is 6.08 Å². The van der Waals surface area contributed by atoms with E-state index in [0.29, 0.717) is 24.0 Å². The van der Waals surface area contributed by atoms with Crippen LogP contribution in [-0.2, 0) is 4.79 Å². The smallest absolute Gasteiger partial charge is 0.155 e. The number of allylic oxidation sites excluding steroid dienone is 4. The Labute approximate surface area is 92.3 Å². The van der Waals surface area contributed by atoms with Gasteiger partial charge >= 0.3 is 0 Å². The lowest BCUT2D eigenvalue weighted by molar-refractivity contribution is -0.116. The maximum absolute atomic E-state index is 11.7. The molecule has 0 N–H and O–H groups in total. The molecule has 0 saturated heterocycles. The van der Waals surface area contributed by atoms with Gasteiger partial charge in [-0.15, -0.1) is 0 Å². The molecule has 0 aliphatic heterocycles. The minimum absolute atomic E-state index is 0.277. The molecule has 0 amide bonds. The molecule has 15 heavy (non-hydrogen) atoms. The number of hydrogen-bond acceptors (Lipinski definition) is 1. The minimum atomic E-state index is 0.277. The lowest BCUT2D eigenvalue weighted by atomic mass is 9.59. The van der Waals surface area contributed by atoms with Gasteiger partial charge < -0.3 is 0 Å². The number of hydrogen-bond donors (Lipinski definition) is 0. The zero-order valence-electron chi connectivity index (χ0n) is 9.92. The molecule has 2 bridgehead atoms. The van der Waals surface area contributed by atoms with Gasteiger partial charge in [0.2, 0.25) is 0 Å². The van der Waals surface area contributed by atoms with Gasteiger partial charge in [0.15, 0.2) is 5.78 Å². The summed E-state index contributed by atoms with van der Waals surface area (Å²) in [5.41, 5.74) is 1.69. The molecular formula is C14H20O. The summed E-state index contributed by atoms with van der Waals surface area (Å²) >= 11 is 0. The molecule has 0 fully saturated rings. The molecule has 1 nitrogen and oxygen atoms in total. The molecule has 2 aliphatic carbocycles. The van der Waals surface area contributed by atoms with Gasteiger partial charge in [-0.3, -0.25) is 4.79 Å². The van der Waals surface area contributed by atoms with Crippen molar-refractivity contribution in [2.75, 3.05) is 0 Å². The van der Waals surface area contributed by atoms with Crippen molar-refractivity contribution >= 4 is 5.78 Å². The SMILES string of the molecule is CC1=CC[C@H]2C/C=C\C(=O)C[C@@H]1C2(C)C. The summed E-state index contributed by atoms with van der Waals surface area (Å²) in [5.74, 6) is 1.45. The van der Waals surface area contributed by atoms with Crippen molar-refractivity contribution < 1.29 is 4.79 Å². The highest BCUT2D eigenvalue weighted by Gasteiger charge is 2.40. The Morgan fingerprint density at radius 2 is 2.07 bits per heavy atom. The second-order valence-corrected chi connectivity index (χ2v) is 5.56. The van der Waals surface area contributed by atoms with Crippen LogP contribution in [0.25, 0.3) is 0 Å². The molecular weight excluding hydrogens is 184 g/mol. The fourth-order valence-corrected chi connectivity index (χ4v) is 3.10. The van der Waals surface area contributed by atoms with Crippen LogP contribution in [0, 0.1) is 17.3 Å². The Morgan fingerprint density at radius 3 is 2.80 bits per heavy atom. The van der Waals surface area contributed by atoms with E-state index in [1.807, 2.05) is 0 Å². The van der Waals surface area contributed by atoms with Crippen LogP contribution < -0.4 is 0 Å². The zero-order valence-corrected chi connectivity index (χ0v) is 9.92. The second-order valence-electron chi connectivity index (χ2n) is 5.56. The third-order valence-corrected chi connectivity index (χ3v) is 4.35. The summed E-state index contributed by atoms with van der Waals surface area (Å²) in [7, 11) is 0. The highest BCUT2D eigenvalue weighted by Crippen LogP contribution is 2.48. The van der Waals surface area contributed by atoms with Crippen LogP contribution >= 0.6 is 0 Å². The summed E-state index contributed by atoms with van der Waals surface area (Å²) in [6.07, 6.45) is 9.12. The van der Waals surface area contributed by atoms with E-state index in [4.69, 9.17) is 0 Å². The molecule has 0 saturated carbocycles. The summed E-state index contributed by atoms with van der Waals surface area (Å²) in [4.78, 5) is 11.7. The van der Waals surface area contributed by atoms with Crippen LogP contribution in [0.2, 0.25) is 0 Å². The number of fused-ring (bicyclic) bond motifs is 2. The summed E-state index contributed by atoms with van der Waals surface area (Å²) < 4.78 is 0. The summed E-state index contributed by atoms with van der Waals surface area (Å²) in [5, 5.41) is 0. The fourth-order valence-electron chi connectivity index (χ4n) is 3.10. The van der Waals surface area contributed by atoms with Crippen LogP contribution in [0.1, 0.15) is 40.0 Å². The highest BCUT2D eigenvalue weighted by molar-refractivity contribution is 5.90. The molecule has 0 heterocycles. The quantitative estimate of drug-likeness (QED) is 0.552. The highest BCUT2D eigenvalue weighted by atomic mass is 16.1. The van der Waals surface area contributed by atoms with E-state index in [9.17, 15) is 4.79 Å². The van der Waals surface area contributed by atoms with Crippen LogP contribution in [0.3, 0.4) is 0 Å². The summed E-state index contributed by atoms with van der Waals surface area (Å²) in [6.45, 7) is 6.83. The first-order valence-electron chi connectivity index (χ1n) is 5.88. The van der Waals surface area contributed by atoms with Crippen molar-refractivity contribution in [1.29, 1.82) is 0 Å². The summed E-state index contributed by atoms with van der Waals surface area (Å²) in [6, 6.07) is 0. The third-order valence-electron chi connectivity index (χ3n) is 4.35. The van der Waals surface area contributed by atoms with Crippen LogP contribution in [0.15, 0.2) is 23.8 Å². The molecule has 0 aromatic heterocycles. The minimum Gasteiger partial charge on any atom is -0.295 e. The first kappa shape index (κ1) is 10.7. The Hall–Kier alpha value is -0.850. The first-order chi connectivity index (χ1) is 7.01. The number of ketones is 1. The maximum atomic E-state index is 11.7. The van der Waals surface area contributed by atoms with Crippen molar-refractivity contribution in [3.8, 4) is 0 Å².